The quantitative estimate of drug-likeness (QED) is 0.268. The van der Waals surface area contributed by atoms with Crippen molar-refractivity contribution in [2.24, 2.45) is 5.92 Å². The number of para-hydroxylation sites is 3. The first-order valence-electron chi connectivity index (χ1n) is 12.9. The molecule has 6 nitrogen and oxygen atoms in total. The Labute approximate surface area is 228 Å². The lowest BCUT2D eigenvalue weighted by Gasteiger charge is -2.52. The molecule has 0 aromatic heterocycles. The summed E-state index contributed by atoms with van der Waals surface area (Å²) in [5.41, 5.74) is -1.04. The number of halogens is 1. The van der Waals surface area contributed by atoms with Gasteiger partial charge in [0.1, 0.15) is 23.8 Å². The molecule has 4 aliphatic heterocycles. The van der Waals surface area contributed by atoms with Gasteiger partial charge in [-0.1, -0.05) is 54.6 Å². The Hall–Kier alpha value is -2.87. The number of ether oxygens (including phenoxy) is 3. The van der Waals surface area contributed by atoms with Gasteiger partial charge in [0.2, 0.25) is 5.60 Å². The molecule has 1 N–H and O–H groups in total. The van der Waals surface area contributed by atoms with Crippen LogP contribution >= 0.6 is 0 Å². The molecule has 4 heterocycles. The molecule has 0 amide bonds. The zero-order chi connectivity index (χ0) is 24.6. The van der Waals surface area contributed by atoms with Crippen molar-refractivity contribution in [2.75, 3.05) is 32.8 Å². The molecule has 0 unspecified atom stereocenters. The number of benzene rings is 3. The van der Waals surface area contributed by atoms with Gasteiger partial charge >= 0.3 is 5.97 Å². The molecule has 7 rings (SSSR count). The van der Waals surface area contributed by atoms with Crippen LogP contribution in [0.3, 0.4) is 0 Å². The van der Waals surface area contributed by atoms with Crippen LogP contribution in [0.4, 0.5) is 0 Å². The summed E-state index contributed by atoms with van der Waals surface area (Å²) >= 11 is 0. The van der Waals surface area contributed by atoms with Gasteiger partial charge in [0.15, 0.2) is 6.10 Å². The van der Waals surface area contributed by atoms with Crippen molar-refractivity contribution in [3.05, 3.63) is 90.0 Å². The van der Waals surface area contributed by atoms with Crippen LogP contribution < -0.4 is 26.5 Å². The zero-order valence-corrected chi connectivity index (χ0v) is 22.3. The number of rotatable bonds is 7. The summed E-state index contributed by atoms with van der Waals surface area (Å²) in [5.74, 6) is 1.57. The number of quaternary nitrogens is 1. The van der Waals surface area contributed by atoms with E-state index in [1.54, 1.807) is 36.4 Å². The first-order chi connectivity index (χ1) is 17.6. The smallest absolute Gasteiger partial charge is 0.348 e. The molecule has 3 aromatic rings. The fraction of sp³-hybridized carbons (Fsp3) is 0.367. The maximum atomic E-state index is 13.8. The maximum absolute atomic E-state index is 13.8. The highest BCUT2D eigenvalue weighted by Crippen LogP contribution is 2.48. The van der Waals surface area contributed by atoms with E-state index in [9.17, 15) is 9.90 Å². The Kier molecular flexibility index (Phi) is 7.30. The van der Waals surface area contributed by atoms with Gasteiger partial charge in [0, 0.05) is 36.3 Å². The number of hydrogen-bond donors (Lipinski definition) is 1. The molecule has 194 valence electrons. The average Bonchev–Trinajstić information content (AvgIpc) is 2.92. The van der Waals surface area contributed by atoms with Crippen molar-refractivity contribution in [1.29, 1.82) is 0 Å². The third-order valence-electron chi connectivity index (χ3n) is 8.16. The largest absolute Gasteiger partial charge is 1.00 e. The predicted molar refractivity (Wildman–Crippen MR) is 135 cm³/mol. The van der Waals surface area contributed by atoms with Crippen molar-refractivity contribution in [2.45, 2.75) is 31.0 Å². The monoisotopic (exact) mass is 565 g/mol. The number of hydrogen-bond acceptors (Lipinski definition) is 5. The predicted octanol–water partition coefficient (Wildman–Crippen LogP) is 1.65. The lowest BCUT2D eigenvalue weighted by atomic mass is 9.81. The van der Waals surface area contributed by atoms with Crippen LogP contribution in [0.5, 0.6) is 17.2 Å². The van der Waals surface area contributed by atoms with E-state index in [2.05, 4.69) is 0 Å². The van der Waals surface area contributed by atoms with Crippen LogP contribution in [-0.2, 0) is 15.1 Å². The van der Waals surface area contributed by atoms with Crippen LogP contribution in [0.15, 0.2) is 78.9 Å². The second kappa shape index (κ2) is 10.5. The number of aliphatic hydroxyl groups is 1. The van der Waals surface area contributed by atoms with E-state index in [0.717, 1.165) is 55.7 Å². The molecule has 0 saturated carbocycles. The molecule has 0 spiro atoms. The first kappa shape index (κ1) is 25.8. The molecule has 7 heteroatoms. The highest BCUT2D eigenvalue weighted by atomic mass is 79.9. The van der Waals surface area contributed by atoms with E-state index in [0.29, 0.717) is 35.2 Å². The van der Waals surface area contributed by atoms with Gasteiger partial charge in [0.25, 0.3) is 0 Å². The van der Waals surface area contributed by atoms with Crippen LogP contribution in [-0.4, -0.2) is 54.4 Å². The van der Waals surface area contributed by atoms with E-state index in [1.807, 2.05) is 42.5 Å². The van der Waals surface area contributed by atoms with E-state index >= 15 is 0 Å². The summed E-state index contributed by atoms with van der Waals surface area (Å²) in [4.78, 5) is 13.8. The minimum atomic E-state index is -1.90. The van der Waals surface area contributed by atoms with E-state index < -0.39 is 11.6 Å². The summed E-state index contributed by atoms with van der Waals surface area (Å²) in [5, 5.41) is 11.9. The summed E-state index contributed by atoms with van der Waals surface area (Å²) in [7, 11) is 0. The summed E-state index contributed by atoms with van der Waals surface area (Å²) in [6.45, 7) is 4.67. The number of esters is 1. The molecule has 0 aliphatic carbocycles. The van der Waals surface area contributed by atoms with Crippen molar-refractivity contribution in [3.8, 4) is 17.2 Å². The summed E-state index contributed by atoms with van der Waals surface area (Å²) in [6.07, 6.45) is 2.81. The summed E-state index contributed by atoms with van der Waals surface area (Å²) < 4.78 is 19.0. The molecule has 37 heavy (non-hydrogen) atoms. The molecule has 2 bridgehead atoms. The molecule has 3 saturated heterocycles. The van der Waals surface area contributed by atoms with Gasteiger partial charge in [-0.25, -0.2) is 4.79 Å². The molecule has 4 aliphatic rings. The van der Waals surface area contributed by atoms with Gasteiger partial charge in [0.05, 0.1) is 26.2 Å². The second-order valence-electron chi connectivity index (χ2n) is 10.3. The number of carbonyl (C=O) groups excluding carboxylic acids is 1. The molecule has 1 atom stereocenters. The lowest BCUT2D eigenvalue weighted by molar-refractivity contribution is -0.946. The van der Waals surface area contributed by atoms with Crippen molar-refractivity contribution >= 4 is 5.97 Å². The van der Waals surface area contributed by atoms with Gasteiger partial charge in [-0.3, -0.25) is 0 Å². The Bertz CT molecular complexity index is 1200. The van der Waals surface area contributed by atoms with Gasteiger partial charge in [-0.2, -0.15) is 0 Å². The number of carbonyl (C=O) groups is 1. The van der Waals surface area contributed by atoms with Crippen LogP contribution in [0.1, 0.15) is 30.4 Å². The highest BCUT2D eigenvalue weighted by molar-refractivity contribution is 5.88. The van der Waals surface area contributed by atoms with Crippen LogP contribution in [0.25, 0.3) is 0 Å². The topological polar surface area (TPSA) is 65.0 Å². The van der Waals surface area contributed by atoms with E-state index in [-0.39, 0.29) is 23.1 Å². The minimum Gasteiger partial charge on any atom is -1.00 e. The van der Waals surface area contributed by atoms with Gasteiger partial charge in [-0.05, 0) is 24.3 Å². The third kappa shape index (κ3) is 4.76. The Morgan fingerprint density at radius 1 is 0.919 bits per heavy atom. The van der Waals surface area contributed by atoms with Crippen molar-refractivity contribution in [3.63, 3.8) is 0 Å². The Morgan fingerprint density at radius 2 is 1.51 bits per heavy atom. The van der Waals surface area contributed by atoms with E-state index in [1.165, 1.54) is 0 Å². The number of nitrogens with zero attached hydrogens (tertiary/aromatic N) is 1. The maximum Gasteiger partial charge on any atom is 0.348 e. The van der Waals surface area contributed by atoms with Crippen molar-refractivity contribution in [1.82, 2.24) is 0 Å². The Balaban J connectivity index is 0.00000280. The molecular formula is C30H32BrNO5. The van der Waals surface area contributed by atoms with Gasteiger partial charge < -0.3 is 40.8 Å². The third-order valence-corrected chi connectivity index (χ3v) is 8.16. The first-order valence-corrected chi connectivity index (χ1v) is 12.9. The summed E-state index contributed by atoms with van der Waals surface area (Å²) in [6, 6.07) is 24.2. The van der Waals surface area contributed by atoms with Crippen LogP contribution in [0.2, 0.25) is 0 Å². The fourth-order valence-electron chi connectivity index (χ4n) is 6.19. The minimum absolute atomic E-state index is 0. The molecule has 0 radical (unpaired) electrons. The SMILES string of the molecule is O=C(O[C@H]1C[N+]2(CCCOc3ccccc3)CCC1CC2)C1(O)c2ccccc2Oc2ccccc21.[Br-]. The normalized spacial score (nSPS) is 24.6. The molecule has 3 aromatic carbocycles. The number of piperidine rings is 3. The standard InChI is InChI=1S/C30H32NO5.BrH/c32-29(30(33)24-11-4-6-13-26(24)35-27-14-7-5-12-25(27)30)36-28-21-31(18-15-22(28)16-19-31)17-8-20-34-23-9-2-1-3-10-23;/h1-7,9-14,22,28,33H,8,15-21H2;1H/q+1;/p-1/t22?,28-,31?;/m0./s1. The zero-order valence-electron chi connectivity index (χ0n) is 20.7. The molecular weight excluding hydrogens is 534 g/mol. The van der Waals surface area contributed by atoms with E-state index in [4.69, 9.17) is 14.2 Å². The van der Waals surface area contributed by atoms with Crippen LogP contribution in [0, 0.1) is 5.92 Å². The van der Waals surface area contributed by atoms with Crippen molar-refractivity contribution < 1.29 is 45.6 Å². The fourth-order valence-corrected chi connectivity index (χ4v) is 6.19. The molecule has 3 fully saturated rings. The number of fused-ring (bicyclic) bond motifs is 5. The Morgan fingerprint density at radius 3 is 2.16 bits per heavy atom. The second-order valence-corrected chi connectivity index (χ2v) is 10.3. The average molecular weight is 566 g/mol. The lowest BCUT2D eigenvalue weighted by Crippen LogP contribution is -3.00. The van der Waals surface area contributed by atoms with Gasteiger partial charge in [-0.15, -0.1) is 0 Å². The highest BCUT2D eigenvalue weighted by Gasteiger charge is 2.52.